The third kappa shape index (κ3) is 2.80. The Morgan fingerprint density at radius 3 is 2.59 bits per heavy atom. The van der Waals surface area contributed by atoms with E-state index in [-0.39, 0.29) is 29.0 Å². The normalized spacial score (nSPS) is 15.8. The zero-order valence-electron chi connectivity index (χ0n) is 15.0. The van der Waals surface area contributed by atoms with Gasteiger partial charge in [-0.05, 0) is 48.0 Å². The molecule has 5 rings (SSSR count). The molecule has 0 radical (unpaired) electrons. The van der Waals surface area contributed by atoms with E-state index in [1.54, 1.807) is 36.4 Å². The van der Waals surface area contributed by atoms with Crippen LogP contribution < -0.4 is 5.43 Å². The lowest BCUT2D eigenvalue weighted by Crippen LogP contribution is -2.29. The van der Waals surface area contributed by atoms with Crippen LogP contribution in [0.25, 0.3) is 11.0 Å². The average Bonchev–Trinajstić information content (AvgIpc) is 3.32. The van der Waals surface area contributed by atoms with Crippen LogP contribution in [0.1, 0.15) is 33.5 Å². The van der Waals surface area contributed by atoms with E-state index in [1.807, 2.05) is 0 Å². The summed E-state index contributed by atoms with van der Waals surface area (Å²) in [5.41, 5.74) is 0.921. The smallest absolute Gasteiger partial charge is 0.291 e. The lowest BCUT2D eigenvalue weighted by atomic mass is 9.98. The van der Waals surface area contributed by atoms with Crippen LogP contribution in [0.2, 0.25) is 5.02 Å². The van der Waals surface area contributed by atoms with Gasteiger partial charge in [0.15, 0.2) is 5.43 Å². The predicted molar refractivity (Wildman–Crippen MR) is 106 cm³/mol. The molecule has 4 aromatic rings. The summed E-state index contributed by atoms with van der Waals surface area (Å²) in [7, 11) is 0. The van der Waals surface area contributed by atoms with Crippen LogP contribution in [0.15, 0.2) is 74.5 Å². The number of halogens is 1. The molecule has 0 spiro atoms. The third-order valence-corrected chi connectivity index (χ3v) is 5.28. The van der Waals surface area contributed by atoms with Crippen molar-refractivity contribution in [3.8, 4) is 5.75 Å². The number of furan rings is 1. The van der Waals surface area contributed by atoms with Gasteiger partial charge in [-0.15, -0.1) is 0 Å². The Kier molecular flexibility index (Phi) is 3.96. The maximum atomic E-state index is 13.3. The van der Waals surface area contributed by atoms with E-state index in [1.165, 1.54) is 29.4 Å². The fraction of sp³-hybridized carbons (Fsp3) is 0.0909. The van der Waals surface area contributed by atoms with E-state index in [2.05, 4.69) is 0 Å². The van der Waals surface area contributed by atoms with E-state index >= 15 is 0 Å². The standard InChI is InChI=1S/C22H14ClNO5/c23-13-5-8-17-16(10-13)20(26)18-19(12-3-6-14(25)7-4-12)24(22(27)21(18)29-17)11-15-2-1-9-28-15/h1-10,19,25H,11H2/t19-/m1/s1. The van der Waals surface area contributed by atoms with Crippen molar-refractivity contribution in [3.05, 3.63) is 98.8 Å². The first-order valence-corrected chi connectivity index (χ1v) is 9.29. The van der Waals surface area contributed by atoms with Gasteiger partial charge in [0.05, 0.1) is 29.8 Å². The first-order valence-electron chi connectivity index (χ1n) is 8.91. The highest BCUT2D eigenvalue weighted by Crippen LogP contribution is 2.39. The lowest BCUT2D eigenvalue weighted by molar-refractivity contribution is 0.0701. The summed E-state index contributed by atoms with van der Waals surface area (Å²) in [4.78, 5) is 28.1. The summed E-state index contributed by atoms with van der Waals surface area (Å²) >= 11 is 6.07. The van der Waals surface area contributed by atoms with Crippen molar-refractivity contribution in [2.45, 2.75) is 12.6 Å². The average molecular weight is 408 g/mol. The van der Waals surface area contributed by atoms with Crippen molar-refractivity contribution in [3.63, 3.8) is 0 Å². The predicted octanol–water partition coefficient (Wildman–Crippen LogP) is 4.49. The highest BCUT2D eigenvalue weighted by molar-refractivity contribution is 6.31. The number of phenols is 1. The molecule has 1 amide bonds. The fourth-order valence-corrected chi connectivity index (χ4v) is 3.90. The van der Waals surface area contributed by atoms with Gasteiger partial charge in [-0.2, -0.15) is 0 Å². The molecule has 0 saturated heterocycles. The second kappa shape index (κ2) is 6.53. The number of hydrogen-bond acceptors (Lipinski definition) is 5. The van der Waals surface area contributed by atoms with Crippen molar-refractivity contribution in [1.82, 2.24) is 4.90 Å². The molecule has 0 aliphatic carbocycles. The minimum absolute atomic E-state index is 0.00875. The summed E-state index contributed by atoms with van der Waals surface area (Å²) < 4.78 is 11.3. The first kappa shape index (κ1) is 17.6. The topological polar surface area (TPSA) is 83.9 Å². The Morgan fingerprint density at radius 2 is 1.86 bits per heavy atom. The zero-order valence-corrected chi connectivity index (χ0v) is 15.7. The monoisotopic (exact) mass is 407 g/mol. The first-order chi connectivity index (χ1) is 14.0. The van der Waals surface area contributed by atoms with Gasteiger partial charge in [-0.25, -0.2) is 0 Å². The highest BCUT2D eigenvalue weighted by atomic mass is 35.5. The third-order valence-electron chi connectivity index (χ3n) is 5.04. The van der Waals surface area contributed by atoms with Crippen LogP contribution in [-0.4, -0.2) is 15.9 Å². The molecule has 0 unspecified atom stereocenters. The molecule has 0 fully saturated rings. The van der Waals surface area contributed by atoms with Gasteiger partial charge in [0.2, 0.25) is 5.76 Å². The number of benzene rings is 2. The van der Waals surface area contributed by atoms with Gasteiger partial charge in [0.1, 0.15) is 17.1 Å². The number of rotatable bonds is 3. The quantitative estimate of drug-likeness (QED) is 0.541. The fourth-order valence-electron chi connectivity index (χ4n) is 3.73. The molecule has 1 N–H and O–H groups in total. The maximum Gasteiger partial charge on any atom is 0.291 e. The molecule has 1 aliphatic rings. The van der Waals surface area contributed by atoms with Crippen molar-refractivity contribution < 1.29 is 18.7 Å². The Balaban J connectivity index is 1.75. The Hall–Kier alpha value is -3.51. The number of carbonyl (C=O) groups is 1. The number of carbonyl (C=O) groups excluding carboxylic acids is 1. The van der Waals surface area contributed by atoms with Crippen LogP contribution in [-0.2, 0) is 6.54 Å². The molecule has 29 heavy (non-hydrogen) atoms. The molecule has 1 atom stereocenters. The van der Waals surface area contributed by atoms with Crippen molar-refractivity contribution >= 4 is 28.5 Å². The van der Waals surface area contributed by atoms with Gasteiger partial charge in [0, 0.05) is 5.02 Å². The van der Waals surface area contributed by atoms with Gasteiger partial charge in [0.25, 0.3) is 5.91 Å². The SMILES string of the molecule is O=C1c2oc3ccc(Cl)cc3c(=O)c2[C@@H](c2ccc(O)cc2)N1Cc1ccco1. The minimum atomic E-state index is -0.678. The van der Waals surface area contributed by atoms with Gasteiger partial charge in [-0.3, -0.25) is 9.59 Å². The summed E-state index contributed by atoms with van der Waals surface area (Å²) in [5.74, 6) is 0.279. The van der Waals surface area contributed by atoms with Crippen molar-refractivity contribution in [1.29, 1.82) is 0 Å². The second-order valence-corrected chi connectivity index (χ2v) is 7.26. The Morgan fingerprint density at radius 1 is 1.07 bits per heavy atom. The van der Waals surface area contributed by atoms with Crippen LogP contribution >= 0.6 is 11.6 Å². The second-order valence-electron chi connectivity index (χ2n) is 6.82. The molecular weight excluding hydrogens is 394 g/mol. The molecular formula is C22H14ClNO5. The summed E-state index contributed by atoms with van der Waals surface area (Å²) in [6.07, 6.45) is 1.53. The zero-order chi connectivity index (χ0) is 20.1. The molecule has 3 heterocycles. The molecule has 2 aromatic heterocycles. The molecule has 6 nitrogen and oxygen atoms in total. The Labute approximate surface area is 169 Å². The van der Waals surface area contributed by atoms with Gasteiger partial charge >= 0.3 is 0 Å². The number of nitrogens with zero attached hydrogens (tertiary/aromatic N) is 1. The number of hydrogen-bond donors (Lipinski definition) is 1. The van der Waals surface area contributed by atoms with E-state index < -0.39 is 11.9 Å². The molecule has 2 aromatic carbocycles. The molecule has 144 valence electrons. The highest BCUT2D eigenvalue weighted by Gasteiger charge is 2.43. The van der Waals surface area contributed by atoms with Crippen molar-refractivity contribution in [2.75, 3.05) is 0 Å². The summed E-state index contributed by atoms with van der Waals surface area (Å²) in [6, 6.07) is 13.9. The largest absolute Gasteiger partial charge is 0.508 e. The van der Waals surface area contributed by atoms with Crippen LogP contribution in [0.5, 0.6) is 5.75 Å². The maximum absolute atomic E-state index is 13.3. The van der Waals surface area contributed by atoms with E-state index in [0.29, 0.717) is 27.3 Å². The number of amides is 1. The van der Waals surface area contributed by atoms with Gasteiger partial charge in [-0.1, -0.05) is 23.7 Å². The number of fused-ring (bicyclic) bond motifs is 2. The van der Waals surface area contributed by atoms with Crippen LogP contribution in [0.3, 0.4) is 0 Å². The van der Waals surface area contributed by atoms with Gasteiger partial charge < -0.3 is 18.8 Å². The minimum Gasteiger partial charge on any atom is -0.508 e. The van der Waals surface area contributed by atoms with E-state index in [0.717, 1.165) is 0 Å². The Bertz CT molecular complexity index is 1290. The number of aromatic hydroxyl groups is 1. The van der Waals surface area contributed by atoms with E-state index in [4.69, 9.17) is 20.4 Å². The number of phenolic OH excluding ortho intramolecular Hbond substituents is 1. The molecule has 0 bridgehead atoms. The summed E-state index contributed by atoms with van der Waals surface area (Å²) in [5, 5.41) is 10.4. The molecule has 1 aliphatic heterocycles. The summed E-state index contributed by atoms with van der Waals surface area (Å²) in [6.45, 7) is 0.165. The molecule has 7 heteroatoms. The lowest BCUT2D eigenvalue weighted by Gasteiger charge is -2.24. The van der Waals surface area contributed by atoms with Crippen LogP contribution in [0.4, 0.5) is 0 Å². The van der Waals surface area contributed by atoms with Crippen molar-refractivity contribution in [2.24, 2.45) is 0 Å². The molecule has 0 saturated carbocycles. The van der Waals surface area contributed by atoms with Crippen LogP contribution in [0, 0.1) is 0 Å². The van der Waals surface area contributed by atoms with E-state index in [9.17, 15) is 14.7 Å².